The van der Waals surface area contributed by atoms with Gasteiger partial charge in [0, 0.05) is 0 Å². The molecule has 1 unspecified atom stereocenters. The van der Waals surface area contributed by atoms with Crippen LogP contribution in [0, 0.1) is 11.3 Å². The highest BCUT2D eigenvalue weighted by Crippen LogP contribution is 2.47. The molecule has 3 N–H and O–H groups in total. The Hall–Kier alpha value is -2.25. The maximum absolute atomic E-state index is 10.1. The summed E-state index contributed by atoms with van der Waals surface area (Å²) in [5.74, 6) is 0.306. The number of fused-ring (bicyclic) bond motifs is 2. The van der Waals surface area contributed by atoms with E-state index in [0.717, 1.165) is 25.7 Å². The Morgan fingerprint density at radius 2 is 2.18 bits per heavy atom. The maximum Gasteiger partial charge on any atom is 0.226 e. The van der Waals surface area contributed by atoms with Crippen LogP contribution < -0.4 is 5.73 Å². The summed E-state index contributed by atoms with van der Waals surface area (Å²) >= 11 is 0. The minimum absolute atomic E-state index is 0.267. The van der Waals surface area contributed by atoms with Gasteiger partial charge in [0.25, 0.3) is 0 Å². The van der Waals surface area contributed by atoms with Gasteiger partial charge in [0.05, 0.1) is 12.3 Å². The Morgan fingerprint density at radius 1 is 1.32 bits per heavy atom. The van der Waals surface area contributed by atoms with Gasteiger partial charge < -0.3 is 25.1 Å². The van der Waals surface area contributed by atoms with Crippen molar-refractivity contribution in [3.8, 4) is 6.07 Å². The zero-order valence-electron chi connectivity index (χ0n) is 15.8. The molecule has 0 aliphatic carbocycles. The first-order valence-corrected chi connectivity index (χ1v) is 9.74. The van der Waals surface area contributed by atoms with Crippen LogP contribution in [0.25, 0.3) is 5.52 Å². The number of ether oxygens (including phenoxy) is 3. The molecule has 4 rings (SSSR count). The number of hydrogen-bond acceptors (Lipinski definition) is 8. The average Bonchev–Trinajstić information content (AvgIpc) is 3.39. The fourth-order valence-electron chi connectivity index (χ4n) is 4.10. The van der Waals surface area contributed by atoms with Crippen molar-refractivity contribution in [2.75, 3.05) is 12.3 Å². The molecule has 9 heteroatoms. The van der Waals surface area contributed by atoms with Crippen LogP contribution in [-0.2, 0) is 19.8 Å². The van der Waals surface area contributed by atoms with Crippen molar-refractivity contribution >= 4 is 11.3 Å². The summed E-state index contributed by atoms with van der Waals surface area (Å²) in [5, 5.41) is 24.2. The number of anilines is 1. The molecule has 0 bridgehead atoms. The van der Waals surface area contributed by atoms with E-state index in [-0.39, 0.29) is 6.61 Å². The van der Waals surface area contributed by atoms with Gasteiger partial charge in [0.2, 0.25) is 5.60 Å². The molecule has 2 aliphatic heterocycles. The molecule has 5 atom stereocenters. The van der Waals surface area contributed by atoms with Crippen molar-refractivity contribution in [3.63, 3.8) is 0 Å². The summed E-state index contributed by atoms with van der Waals surface area (Å²) < 4.78 is 19.7. The lowest BCUT2D eigenvalue weighted by Gasteiger charge is -2.26. The maximum atomic E-state index is 10.1. The van der Waals surface area contributed by atoms with E-state index >= 15 is 0 Å². The van der Waals surface area contributed by atoms with E-state index in [0.29, 0.717) is 17.0 Å². The van der Waals surface area contributed by atoms with E-state index in [1.807, 2.05) is 0 Å². The van der Waals surface area contributed by atoms with Crippen LogP contribution in [0.5, 0.6) is 0 Å². The molecular weight excluding hydrogens is 362 g/mol. The SMILES string of the molecule is CCCCCCC1O[C@H]2[C@@H](O1)[C@](C#N)(c1ccc3c(N)ncnn13)O[C@@H]2CO. The molecule has 150 valence electrons. The lowest BCUT2D eigenvalue weighted by Crippen LogP contribution is -2.40. The second-order valence-corrected chi connectivity index (χ2v) is 7.28. The van der Waals surface area contributed by atoms with E-state index in [1.165, 1.54) is 12.7 Å². The predicted molar refractivity (Wildman–Crippen MR) is 98.9 cm³/mol. The van der Waals surface area contributed by atoms with Gasteiger partial charge in [-0.05, 0) is 25.0 Å². The van der Waals surface area contributed by atoms with E-state index in [4.69, 9.17) is 19.9 Å². The van der Waals surface area contributed by atoms with Crippen LogP contribution in [0.1, 0.15) is 44.7 Å². The fourth-order valence-corrected chi connectivity index (χ4v) is 4.10. The molecule has 4 heterocycles. The monoisotopic (exact) mass is 387 g/mol. The largest absolute Gasteiger partial charge is 0.394 e. The smallest absolute Gasteiger partial charge is 0.226 e. The van der Waals surface area contributed by atoms with Gasteiger partial charge in [0.1, 0.15) is 36.2 Å². The Morgan fingerprint density at radius 3 is 2.93 bits per heavy atom. The van der Waals surface area contributed by atoms with Crippen LogP contribution in [0.4, 0.5) is 5.82 Å². The molecule has 0 amide bonds. The predicted octanol–water partition coefficient (Wildman–Crippen LogP) is 1.50. The Labute approximate surface area is 163 Å². The zero-order chi connectivity index (χ0) is 19.7. The van der Waals surface area contributed by atoms with Crippen molar-refractivity contribution in [2.24, 2.45) is 0 Å². The van der Waals surface area contributed by atoms with Crippen LogP contribution >= 0.6 is 0 Å². The first-order valence-electron chi connectivity index (χ1n) is 9.74. The normalized spacial score (nSPS) is 31.9. The molecule has 9 nitrogen and oxygen atoms in total. The van der Waals surface area contributed by atoms with Gasteiger partial charge in [-0.25, -0.2) is 9.50 Å². The van der Waals surface area contributed by atoms with Crippen molar-refractivity contribution < 1.29 is 19.3 Å². The number of nitriles is 1. The summed E-state index contributed by atoms with van der Waals surface area (Å²) in [7, 11) is 0. The highest BCUT2D eigenvalue weighted by atomic mass is 16.8. The summed E-state index contributed by atoms with van der Waals surface area (Å²) in [4.78, 5) is 3.98. The molecule has 2 aromatic rings. The average molecular weight is 387 g/mol. The van der Waals surface area contributed by atoms with Crippen LogP contribution in [-0.4, -0.2) is 50.9 Å². The second kappa shape index (κ2) is 7.64. The number of rotatable bonds is 7. The summed E-state index contributed by atoms with van der Waals surface area (Å²) in [5.41, 5.74) is 5.53. The third-order valence-corrected chi connectivity index (χ3v) is 5.51. The van der Waals surface area contributed by atoms with Gasteiger partial charge in [-0.3, -0.25) is 0 Å². The number of aliphatic hydroxyl groups excluding tert-OH is 1. The van der Waals surface area contributed by atoms with E-state index in [1.54, 1.807) is 16.6 Å². The molecule has 2 aliphatic rings. The molecule has 2 saturated heterocycles. The molecule has 2 fully saturated rings. The Kier molecular flexibility index (Phi) is 5.21. The van der Waals surface area contributed by atoms with Gasteiger partial charge in [-0.2, -0.15) is 10.4 Å². The summed E-state index contributed by atoms with van der Waals surface area (Å²) in [6.45, 7) is 1.90. The van der Waals surface area contributed by atoms with E-state index in [9.17, 15) is 10.4 Å². The highest BCUT2D eigenvalue weighted by Gasteiger charge is 2.63. The number of aliphatic hydroxyl groups is 1. The molecule has 28 heavy (non-hydrogen) atoms. The number of nitrogens with two attached hydrogens (primary N) is 1. The van der Waals surface area contributed by atoms with E-state index < -0.39 is 30.2 Å². The van der Waals surface area contributed by atoms with Crippen molar-refractivity contribution in [3.05, 3.63) is 24.2 Å². The molecule has 0 aromatic carbocycles. The lowest BCUT2D eigenvalue weighted by molar-refractivity contribution is -0.160. The third kappa shape index (κ3) is 2.93. The quantitative estimate of drug-likeness (QED) is 0.684. The first-order chi connectivity index (χ1) is 13.6. The number of hydrogen-bond donors (Lipinski definition) is 2. The van der Waals surface area contributed by atoms with E-state index in [2.05, 4.69) is 23.1 Å². The summed E-state index contributed by atoms with van der Waals surface area (Å²) in [6.07, 6.45) is 4.23. The summed E-state index contributed by atoms with van der Waals surface area (Å²) in [6, 6.07) is 5.74. The van der Waals surface area contributed by atoms with Gasteiger partial charge >= 0.3 is 0 Å². The second-order valence-electron chi connectivity index (χ2n) is 7.28. The van der Waals surface area contributed by atoms with Crippen LogP contribution in [0.15, 0.2) is 18.5 Å². The molecule has 0 saturated carbocycles. The fraction of sp³-hybridized carbons (Fsp3) is 0.632. The van der Waals surface area contributed by atoms with Crippen molar-refractivity contribution in [1.82, 2.24) is 14.6 Å². The van der Waals surface area contributed by atoms with Gasteiger partial charge in [-0.15, -0.1) is 0 Å². The van der Waals surface area contributed by atoms with Crippen LogP contribution in [0.2, 0.25) is 0 Å². The molecular formula is C19H25N5O4. The standard InChI is InChI=1S/C19H25N5O4/c1-2-3-4-5-6-15-26-16-13(9-25)28-19(10-20,17(16)27-15)14-8-7-12-18(21)22-11-23-24(12)14/h7-8,11,13,15-17,25H,2-6,9H2,1H3,(H2,21,22,23)/t13-,15?,16-,17-,19+/m1/s1. The highest BCUT2D eigenvalue weighted by molar-refractivity contribution is 5.66. The Bertz CT molecular complexity index is 881. The zero-order valence-corrected chi connectivity index (χ0v) is 15.8. The molecule has 0 spiro atoms. The van der Waals surface area contributed by atoms with Crippen LogP contribution in [0.3, 0.4) is 0 Å². The number of aromatic nitrogens is 3. The topological polar surface area (TPSA) is 128 Å². The minimum Gasteiger partial charge on any atom is -0.394 e. The van der Waals surface area contributed by atoms with Crippen molar-refractivity contribution in [1.29, 1.82) is 5.26 Å². The first kappa shape index (κ1) is 19.1. The molecule has 2 aromatic heterocycles. The van der Waals surface area contributed by atoms with Crippen molar-refractivity contribution in [2.45, 2.75) is 69.2 Å². The minimum atomic E-state index is -1.45. The van der Waals surface area contributed by atoms with Gasteiger partial charge in [-0.1, -0.05) is 26.2 Å². The number of nitrogen functional groups attached to an aromatic ring is 1. The van der Waals surface area contributed by atoms with Gasteiger partial charge in [0.15, 0.2) is 12.1 Å². The Balaban J connectivity index is 1.65. The third-order valence-electron chi connectivity index (χ3n) is 5.51. The number of nitrogens with zero attached hydrogens (tertiary/aromatic N) is 4. The molecule has 0 radical (unpaired) electrons. The lowest BCUT2D eigenvalue weighted by atomic mass is 9.92. The number of unbranched alkanes of at least 4 members (excludes halogenated alkanes) is 3.